The van der Waals surface area contributed by atoms with Gasteiger partial charge in [0.05, 0.1) is 0 Å². The average Bonchev–Trinajstić information content (AvgIpc) is 2.59. The Hall–Kier alpha value is -3.16. The quantitative estimate of drug-likeness (QED) is 0.471. The summed E-state index contributed by atoms with van der Waals surface area (Å²) in [5, 5.41) is 11.0. The zero-order valence-corrected chi connectivity index (χ0v) is 12.9. The molecule has 124 valence electrons. The molecule has 2 heterocycles. The Balaban J connectivity index is 1.73. The summed E-state index contributed by atoms with van der Waals surface area (Å²) in [4.78, 5) is 26.4. The van der Waals surface area contributed by atoms with Crippen molar-refractivity contribution in [2.45, 2.75) is 6.92 Å². The van der Waals surface area contributed by atoms with E-state index in [1.807, 2.05) is 0 Å². The largest absolute Gasteiger partial charge is 0.486 e. The predicted molar refractivity (Wildman–Crippen MR) is 82.9 cm³/mol. The first-order chi connectivity index (χ1) is 11.5. The van der Waals surface area contributed by atoms with Gasteiger partial charge in [0.1, 0.15) is 18.9 Å². The number of ether oxygens (including phenoxy) is 3. The van der Waals surface area contributed by atoms with Gasteiger partial charge in [-0.1, -0.05) is 0 Å². The SMILES string of the molecule is Cc1ccc(OCC(=O)c2ccc3c(c2)OCCO3)c([N+](=O)[O-])n1. The predicted octanol–water partition coefficient (Wildman–Crippen LogP) is 2.33. The molecule has 0 aliphatic carbocycles. The summed E-state index contributed by atoms with van der Waals surface area (Å²) in [6, 6.07) is 7.83. The van der Waals surface area contributed by atoms with Gasteiger partial charge < -0.3 is 24.3 Å². The lowest BCUT2D eigenvalue weighted by Gasteiger charge is -2.18. The van der Waals surface area contributed by atoms with Crippen molar-refractivity contribution in [3.05, 3.63) is 51.7 Å². The van der Waals surface area contributed by atoms with Crippen molar-refractivity contribution in [2.75, 3.05) is 19.8 Å². The van der Waals surface area contributed by atoms with E-state index in [0.29, 0.717) is 36.0 Å². The Kier molecular flexibility index (Phi) is 4.28. The highest BCUT2D eigenvalue weighted by Gasteiger charge is 2.20. The van der Waals surface area contributed by atoms with Crippen LogP contribution in [-0.4, -0.2) is 35.5 Å². The van der Waals surface area contributed by atoms with Crippen LogP contribution in [-0.2, 0) is 0 Å². The van der Waals surface area contributed by atoms with Gasteiger partial charge in [0.25, 0.3) is 0 Å². The lowest BCUT2D eigenvalue weighted by Crippen LogP contribution is -2.17. The third-order valence-corrected chi connectivity index (χ3v) is 3.37. The molecule has 8 nitrogen and oxygen atoms in total. The standard InChI is InChI=1S/C16H14N2O6/c1-10-2-4-14(16(17-10)18(20)21)24-9-12(19)11-3-5-13-15(8-11)23-7-6-22-13/h2-5,8H,6-7,9H2,1H3. The van der Waals surface area contributed by atoms with E-state index in [2.05, 4.69) is 4.98 Å². The molecule has 1 aromatic heterocycles. The van der Waals surface area contributed by atoms with Gasteiger partial charge in [-0.3, -0.25) is 4.79 Å². The Morgan fingerprint density at radius 1 is 1.25 bits per heavy atom. The fourth-order valence-corrected chi connectivity index (χ4v) is 2.22. The van der Waals surface area contributed by atoms with Gasteiger partial charge in [-0.15, -0.1) is 0 Å². The normalized spacial score (nSPS) is 12.5. The first-order valence-electron chi connectivity index (χ1n) is 7.22. The van der Waals surface area contributed by atoms with Gasteiger partial charge in [-0.05, 0) is 40.2 Å². The third-order valence-electron chi connectivity index (χ3n) is 3.37. The van der Waals surface area contributed by atoms with Crippen LogP contribution in [0.3, 0.4) is 0 Å². The molecule has 0 atom stereocenters. The number of rotatable bonds is 5. The van der Waals surface area contributed by atoms with E-state index in [0.717, 1.165) is 0 Å². The fourth-order valence-electron chi connectivity index (χ4n) is 2.22. The van der Waals surface area contributed by atoms with E-state index in [9.17, 15) is 14.9 Å². The number of carbonyl (C=O) groups is 1. The summed E-state index contributed by atoms with van der Waals surface area (Å²) in [5.74, 6) is 0.287. The van der Waals surface area contributed by atoms with Crippen LogP contribution in [0.1, 0.15) is 16.1 Å². The number of hydrogen-bond acceptors (Lipinski definition) is 7. The minimum Gasteiger partial charge on any atom is -0.486 e. The fraction of sp³-hybridized carbons (Fsp3) is 0.250. The summed E-state index contributed by atoms with van der Waals surface area (Å²) >= 11 is 0. The minimum atomic E-state index is -0.642. The number of fused-ring (bicyclic) bond motifs is 1. The summed E-state index contributed by atoms with van der Waals surface area (Å²) in [7, 11) is 0. The van der Waals surface area contributed by atoms with Crippen LogP contribution in [0.4, 0.5) is 5.82 Å². The lowest BCUT2D eigenvalue weighted by atomic mass is 10.1. The van der Waals surface area contributed by atoms with E-state index in [1.165, 1.54) is 6.07 Å². The van der Waals surface area contributed by atoms with Crippen molar-refractivity contribution >= 4 is 11.6 Å². The number of ketones is 1. The van der Waals surface area contributed by atoms with Crippen molar-refractivity contribution in [1.29, 1.82) is 0 Å². The van der Waals surface area contributed by atoms with Crippen molar-refractivity contribution in [3.8, 4) is 17.2 Å². The second-order valence-corrected chi connectivity index (χ2v) is 5.10. The van der Waals surface area contributed by atoms with E-state index in [4.69, 9.17) is 14.2 Å². The molecule has 1 aliphatic heterocycles. The van der Waals surface area contributed by atoms with E-state index in [-0.39, 0.29) is 18.1 Å². The molecule has 1 aromatic carbocycles. The number of nitro groups is 1. The molecule has 0 saturated heterocycles. The first-order valence-corrected chi connectivity index (χ1v) is 7.22. The molecular weight excluding hydrogens is 316 g/mol. The Morgan fingerprint density at radius 3 is 2.75 bits per heavy atom. The van der Waals surface area contributed by atoms with Gasteiger partial charge in [0, 0.05) is 12.5 Å². The zero-order chi connectivity index (χ0) is 17.1. The minimum absolute atomic E-state index is 0.0449. The molecule has 0 N–H and O–H groups in total. The summed E-state index contributed by atoms with van der Waals surface area (Å²) in [6.45, 7) is 2.18. The molecule has 0 fully saturated rings. The summed E-state index contributed by atoms with van der Waals surface area (Å²) in [6.07, 6.45) is 0. The van der Waals surface area contributed by atoms with Gasteiger partial charge in [0.2, 0.25) is 5.75 Å². The van der Waals surface area contributed by atoms with Gasteiger partial charge >= 0.3 is 5.82 Å². The molecule has 0 bridgehead atoms. The summed E-state index contributed by atoms with van der Waals surface area (Å²) in [5.41, 5.74) is 0.870. The number of pyridine rings is 1. The van der Waals surface area contributed by atoms with Crippen LogP contribution < -0.4 is 14.2 Å². The van der Waals surface area contributed by atoms with Gasteiger partial charge in [0.15, 0.2) is 23.9 Å². The number of benzene rings is 1. The Morgan fingerprint density at radius 2 is 2.00 bits per heavy atom. The van der Waals surface area contributed by atoms with Crippen molar-refractivity contribution < 1.29 is 23.9 Å². The number of aromatic nitrogens is 1. The van der Waals surface area contributed by atoms with E-state index in [1.54, 1.807) is 31.2 Å². The number of Topliss-reactive ketones (excluding diaryl/α,β-unsaturated/α-hetero) is 1. The van der Waals surface area contributed by atoms with Crippen LogP contribution in [0.25, 0.3) is 0 Å². The van der Waals surface area contributed by atoms with E-state index < -0.39 is 10.7 Å². The third kappa shape index (κ3) is 3.27. The highest BCUT2D eigenvalue weighted by atomic mass is 16.6. The average molecular weight is 330 g/mol. The number of aryl methyl sites for hydroxylation is 1. The van der Waals surface area contributed by atoms with Gasteiger partial charge in [-0.2, -0.15) is 0 Å². The molecule has 0 unspecified atom stereocenters. The molecule has 24 heavy (non-hydrogen) atoms. The van der Waals surface area contributed by atoms with Crippen LogP contribution >= 0.6 is 0 Å². The molecule has 3 rings (SSSR count). The highest BCUT2D eigenvalue weighted by Crippen LogP contribution is 2.31. The topological polar surface area (TPSA) is 101 Å². The van der Waals surface area contributed by atoms with Crippen molar-refractivity contribution in [2.24, 2.45) is 0 Å². The monoisotopic (exact) mass is 330 g/mol. The molecule has 1 aliphatic rings. The Bertz CT molecular complexity index is 805. The molecular formula is C16H14N2O6. The summed E-state index contributed by atoms with van der Waals surface area (Å²) < 4.78 is 16.1. The maximum absolute atomic E-state index is 12.2. The lowest BCUT2D eigenvalue weighted by molar-refractivity contribution is -0.390. The van der Waals surface area contributed by atoms with Crippen molar-refractivity contribution in [3.63, 3.8) is 0 Å². The number of carbonyl (C=O) groups excluding carboxylic acids is 1. The Labute approximate surface area is 137 Å². The molecule has 2 aromatic rings. The maximum Gasteiger partial charge on any atom is 0.406 e. The molecule has 0 radical (unpaired) electrons. The maximum atomic E-state index is 12.2. The second kappa shape index (κ2) is 6.53. The molecule has 0 saturated carbocycles. The molecule has 8 heteroatoms. The van der Waals surface area contributed by atoms with Crippen LogP contribution in [0.15, 0.2) is 30.3 Å². The van der Waals surface area contributed by atoms with Crippen LogP contribution in [0.5, 0.6) is 17.2 Å². The van der Waals surface area contributed by atoms with Gasteiger partial charge in [-0.25, -0.2) is 0 Å². The smallest absolute Gasteiger partial charge is 0.406 e. The first kappa shape index (κ1) is 15.7. The number of hydrogen-bond donors (Lipinski definition) is 0. The molecule has 0 amide bonds. The van der Waals surface area contributed by atoms with E-state index >= 15 is 0 Å². The second-order valence-electron chi connectivity index (χ2n) is 5.10. The van der Waals surface area contributed by atoms with Crippen LogP contribution in [0, 0.1) is 17.0 Å². The highest BCUT2D eigenvalue weighted by molar-refractivity contribution is 5.97. The van der Waals surface area contributed by atoms with Crippen LogP contribution in [0.2, 0.25) is 0 Å². The number of nitrogens with zero attached hydrogens (tertiary/aromatic N) is 2. The zero-order valence-electron chi connectivity index (χ0n) is 12.9. The molecule has 0 spiro atoms. The van der Waals surface area contributed by atoms with Crippen molar-refractivity contribution in [1.82, 2.24) is 4.98 Å².